The van der Waals surface area contributed by atoms with Crippen molar-refractivity contribution in [2.75, 3.05) is 11.9 Å². The number of benzene rings is 1. The van der Waals surface area contributed by atoms with Crippen molar-refractivity contribution < 1.29 is 14.3 Å². The monoisotopic (exact) mass is 249 g/mol. The molecule has 2 N–H and O–H groups in total. The summed E-state index contributed by atoms with van der Waals surface area (Å²) in [5.74, 6) is 4.46. The third-order valence-corrected chi connectivity index (χ3v) is 2.22. The molecule has 0 aliphatic heterocycles. The zero-order chi connectivity index (χ0) is 13.5. The van der Waals surface area contributed by atoms with Crippen molar-refractivity contribution >= 4 is 11.6 Å². The number of carbonyl (C=O) groups is 1. The van der Waals surface area contributed by atoms with E-state index in [9.17, 15) is 9.18 Å². The van der Waals surface area contributed by atoms with E-state index in [0.29, 0.717) is 12.1 Å². The third-order valence-electron chi connectivity index (χ3n) is 2.22. The third kappa shape index (κ3) is 4.19. The minimum atomic E-state index is -0.484. The van der Waals surface area contributed by atoms with Crippen molar-refractivity contribution in [1.29, 1.82) is 0 Å². The fourth-order valence-electron chi connectivity index (χ4n) is 1.19. The van der Waals surface area contributed by atoms with Gasteiger partial charge in [0.15, 0.2) is 0 Å². The first-order valence-corrected chi connectivity index (χ1v) is 5.74. The molecular weight excluding hydrogens is 233 g/mol. The molecule has 18 heavy (non-hydrogen) atoms. The number of amides is 1. The molecule has 0 spiro atoms. The van der Waals surface area contributed by atoms with Gasteiger partial charge in [-0.05, 0) is 18.2 Å². The Bertz CT molecular complexity index is 486. The minimum Gasteiger partial charge on any atom is -0.395 e. The van der Waals surface area contributed by atoms with Crippen LogP contribution < -0.4 is 5.32 Å². The summed E-state index contributed by atoms with van der Waals surface area (Å²) in [6.45, 7) is 3.48. The van der Waals surface area contributed by atoms with Crippen molar-refractivity contribution in [3.8, 4) is 11.8 Å². The summed E-state index contributed by atoms with van der Waals surface area (Å²) in [5, 5.41) is 11.2. The van der Waals surface area contributed by atoms with E-state index in [4.69, 9.17) is 5.11 Å². The molecule has 1 rings (SSSR count). The number of aliphatic hydroxyl groups is 1. The summed E-state index contributed by atoms with van der Waals surface area (Å²) >= 11 is 0. The second-order valence-electron chi connectivity index (χ2n) is 4.11. The van der Waals surface area contributed by atoms with Gasteiger partial charge in [0.05, 0.1) is 12.2 Å². The second-order valence-corrected chi connectivity index (χ2v) is 4.11. The van der Waals surface area contributed by atoms with Gasteiger partial charge in [-0.15, -0.1) is 0 Å². The van der Waals surface area contributed by atoms with Crippen molar-refractivity contribution in [2.24, 2.45) is 5.92 Å². The Balaban J connectivity index is 2.80. The van der Waals surface area contributed by atoms with Crippen molar-refractivity contribution in [3.05, 3.63) is 29.6 Å². The van der Waals surface area contributed by atoms with E-state index >= 15 is 0 Å². The zero-order valence-corrected chi connectivity index (χ0v) is 10.5. The number of nitrogens with one attached hydrogen (secondary N) is 1. The van der Waals surface area contributed by atoms with Crippen LogP contribution in [0.25, 0.3) is 0 Å². The lowest BCUT2D eigenvalue weighted by Crippen LogP contribution is -2.17. The van der Waals surface area contributed by atoms with Gasteiger partial charge in [-0.3, -0.25) is 4.79 Å². The Kier molecular flexibility index (Phi) is 5.34. The lowest BCUT2D eigenvalue weighted by atomic mass is 10.1. The number of aliphatic hydroxyl groups excluding tert-OH is 1. The highest BCUT2D eigenvalue weighted by Gasteiger charge is 2.08. The average Bonchev–Trinajstić information content (AvgIpc) is 2.32. The number of hydrogen-bond donors (Lipinski definition) is 2. The predicted octanol–water partition coefficient (Wildman–Crippen LogP) is 2.15. The summed E-state index contributed by atoms with van der Waals surface area (Å²) in [7, 11) is 0. The molecule has 1 aromatic carbocycles. The van der Waals surface area contributed by atoms with Crippen LogP contribution >= 0.6 is 0 Å². The lowest BCUT2D eigenvalue weighted by molar-refractivity contribution is -0.118. The Labute approximate surface area is 106 Å². The molecule has 0 bridgehead atoms. The molecule has 0 aromatic heterocycles. The number of rotatable bonds is 3. The van der Waals surface area contributed by atoms with Gasteiger partial charge in [-0.25, -0.2) is 4.39 Å². The summed E-state index contributed by atoms with van der Waals surface area (Å²) in [4.78, 5) is 11.4. The van der Waals surface area contributed by atoms with E-state index in [0.717, 1.165) is 0 Å². The van der Waals surface area contributed by atoms with Crippen LogP contribution in [0.1, 0.15) is 25.8 Å². The largest absolute Gasteiger partial charge is 0.395 e. The summed E-state index contributed by atoms with van der Waals surface area (Å²) in [6, 6.07) is 4.35. The predicted molar refractivity (Wildman–Crippen MR) is 68.4 cm³/mol. The van der Waals surface area contributed by atoms with Gasteiger partial charge in [0.25, 0.3) is 0 Å². The molecule has 3 nitrogen and oxygen atoms in total. The van der Waals surface area contributed by atoms with Gasteiger partial charge in [0.2, 0.25) is 5.91 Å². The topological polar surface area (TPSA) is 49.3 Å². The van der Waals surface area contributed by atoms with E-state index in [1.807, 2.05) is 0 Å². The van der Waals surface area contributed by atoms with E-state index < -0.39 is 5.82 Å². The smallest absolute Gasteiger partial charge is 0.226 e. The summed E-state index contributed by atoms with van der Waals surface area (Å²) in [6.07, 6.45) is 0.311. The highest BCUT2D eigenvalue weighted by Crippen LogP contribution is 2.14. The summed E-state index contributed by atoms with van der Waals surface area (Å²) in [5.41, 5.74) is 0.671. The molecular formula is C14H16FNO2. The van der Waals surface area contributed by atoms with E-state index in [-0.39, 0.29) is 24.0 Å². The van der Waals surface area contributed by atoms with E-state index in [1.54, 1.807) is 19.9 Å². The molecule has 1 amide bonds. The fourth-order valence-corrected chi connectivity index (χ4v) is 1.19. The van der Waals surface area contributed by atoms with E-state index in [1.165, 1.54) is 12.1 Å². The van der Waals surface area contributed by atoms with Gasteiger partial charge in [0.1, 0.15) is 5.82 Å². The van der Waals surface area contributed by atoms with Crippen LogP contribution in [0.5, 0.6) is 0 Å². The summed E-state index contributed by atoms with van der Waals surface area (Å²) < 4.78 is 13.6. The van der Waals surface area contributed by atoms with Gasteiger partial charge < -0.3 is 10.4 Å². The normalized spacial score (nSPS) is 9.83. The molecule has 0 aliphatic rings. The van der Waals surface area contributed by atoms with Crippen molar-refractivity contribution in [1.82, 2.24) is 0 Å². The van der Waals surface area contributed by atoms with Crippen LogP contribution in [0.4, 0.5) is 10.1 Å². The van der Waals surface area contributed by atoms with Crippen LogP contribution in [0.3, 0.4) is 0 Å². The van der Waals surface area contributed by atoms with E-state index in [2.05, 4.69) is 17.2 Å². The SMILES string of the molecule is CC(C)C(=O)Nc1ccc(C#CCCO)c(F)c1. The minimum absolute atomic E-state index is 0.0445. The van der Waals surface area contributed by atoms with Crippen molar-refractivity contribution in [2.45, 2.75) is 20.3 Å². The van der Waals surface area contributed by atoms with Gasteiger partial charge >= 0.3 is 0 Å². The molecule has 0 fully saturated rings. The Morgan fingerprint density at radius 1 is 1.50 bits per heavy atom. The molecule has 4 heteroatoms. The lowest BCUT2D eigenvalue weighted by Gasteiger charge is -2.07. The first-order valence-electron chi connectivity index (χ1n) is 5.74. The molecule has 0 atom stereocenters. The van der Waals surface area contributed by atoms with Crippen molar-refractivity contribution in [3.63, 3.8) is 0 Å². The molecule has 0 unspecified atom stereocenters. The standard InChI is InChI=1S/C14H16FNO2/c1-10(2)14(18)16-12-7-6-11(13(15)9-12)5-3-4-8-17/h6-7,9-10,17H,4,8H2,1-2H3,(H,16,18). The Morgan fingerprint density at radius 2 is 2.22 bits per heavy atom. The molecule has 0 radical (unpaired) electrons. The van der Waals surface area contributed by atoms with Crippen LogP contribution in [-0.2, 0) is 4.79 Å². The number of halogens is 1. The van der Waals surface area contributed by atoms with Gasteiger partial charge in [0, 0.05) is 18.0 Å². The highest BCUT2D eigenvalue weighted by molar-refractivity contribution is 5.92. The van der Waals surface area contributed by atoms with Crippen LogP contribution in [0.15, 0.2) is 18.2 Å². The second kappa shape index (κ2) is 6.77. The Hall–Kier alpha value is -1.86. The maximum absolute atomic E-state index is 13.6. The maximum atomic E-state index is 13.6. The first kappa shape index (κ1) is 14.2. The average molecular weight is 249 g/mol. The first-order chi connectivity index (χ1) is 8.54. The molecule has 0 heterocycles. The maximum Gasteiger partial charge on any atom is 0.226 e. The van der Waals surface area contributed by atoms with Crippen LogP contribution in [0, 0.1) is 23.6 Å². The number of anilines is 1. The molecule has 1 aromatic rings. The van der Waals surface area contributed by atoms with Crippen LogP contribution in [0.2, 0.25) is 0 Å². The zero-order valence-electron chi connectivity index (χ0n) is 10.5. The van der Waals surface area contributed by atoms with Gasteiger partial charge in [-0.1, -0.05) is 25.7 Å². The number of carbonyl (C=O) groups excluding carboxylic acids is 1. The number of hydrogen-bond acceptors (Lipinski definition) is 2. The highest BCUT2D eigenvalue weighted by atomic mass is 19.1. The Morgan fingerprint density at radius 3 is 2.78 bits per heavy atom. The molecule has 0 saturated carbocycles. The molecule has 96 valence electrons. The van der Waals surface area contributed by atoms with Crippen LogP contribution in [-0.4, -0.2) is 17.6 Å². The fraction of sp³-hybridized carbons (Fsp3) is 0.357. The quantitative estimate of drug-likeness (QED) is 0.806. The van der Waals surface area contributed by atoms with Gasteiger partial charge in [-0.2, -0.15) is 0 Å². The molecule has 0 aliphatic carbocycles. The molecule has 0 saturated heterocycles.